The van der Waals surface area contributed by atoms with E-state index in [-0.39, 0.29) is 16.4 Å². The number of nitrogens with two attached hydrogens (primary N) is 1. The number of nitrogen functional groups attached to an aromatic ring is 1. The summed E-state index contributed by atoms with van der Waals surface area (Å²) in [7, 11) is 0. The van der Waals surface area contributed by atoms with Crippen LogP contribution in [0.4, 0.5) is 11.4 Å². The maximum absolute atomic E-state index is 10.3. The summed E-state index contributed by atoms with van der Waals surface area (Å²) in [6, 6.07) is 0. The Labute approximate surface area is 80.8 Å². The van der Waals surface area contributed by atoms with Crippen LogP contribution in [0.15, 0.2) is 10.8 Å². The lowest BCUT2D eigenvalue weighted by Gasteiger charge is -1.99. The predicted molar refractivity (Wildman–Crippen MR) is 48.0 cm³/mol. The van der Waals surface area contributed by atoms with Gasteiger partial charge in [-0.15, -0.1) is 0 Å². The van der Waals surface area contributed by atoms with Gasteiger partial charge in [-0.2, -0.15) is 0 Å². The van der Waals surface area contributed by atoms with Gasteiger partial charge in [0.1, 0.15) is 21.5 Å². The highest BCUT2D eigenvalue weighted by Crippen LogP contribution is 2.32. The molecular weight excluding hydrogens is 249 g/mol. The number of nitrogens with zero attached hydrogens (tertiary/aromatic N) is 2. The Morgan fingerprint density at radius 1 is 1.75 bits per heavy atom. The van der Waals surface area contributed by atoms with Crippen LogP contribution < -0.4 is 5.73 Å². The molecule has 0 spiro atoms. The first-order valence-electron chi connectivity index (χ1n) is 2.78. The maximum atomic E-state index is 10.3. The molecule has 0 atom stereocenters. The minimum Gasteiger partial charge on any atom is -0.392 e. The Hall–Kier alpha value is -0.880. The van der Waals surface area contributed by atoms with Crippen molar-refractivity contribution in [1.82, 2.24) is 4.98 Å². The second-order valence-corrected chi connectivity index (χ2v) is 3.05. The molecule has 2 N–H and O–H groups in total. The highest BCUT2D eigenvalue weighted by atomic mass is 79.9. The molecule has 0 bridgehead atoms. The summed E-state index contributed by atoms with van der Waals surface area (Å²) in [6.07, 6.45) is 1.05. The van der Waals surface area contributed by atoms with E-state index in [1.54, 1.807) is 0 Å². The van der Waals surface area contributed by atoms with Crippen molar-refractivity contribution in [2.75, 3.05) is 5.73 Å². The van der Waals surface area contributed by atoms with Gasteiger partial charge in [0.15, 0.2) is 0 Å². The van der Waals surface area contributed by atoms with E-state index in [0.29, 0.717) is 4.60 Å². The van der Waals surface area contributed by atoms with Gasteiger partial charge >= 0.3 is 5.69 Å². The van der Waals surface area contributed by atoms with Crippen LogP contribution in [-0.4, -0.2) is 9.91 Å². The van der Waals surface area contributed by atoms with Gasteiger partial charge in [0.25, 0.3) is 0 Å². The van der Waals surface area contributed by atoms with Crippen molar-refractivity contribution < 1.29 is 4.92 Å². The lowest BCUT2D eigenvalue weighted by molar-refractivity contribution is -0.384. The van der Waals surface area contributed by atoms with E-state index in [4.69, 9.17) is 17.3 Å². The Bertz CT molecular complexity index is 344. The molecule has 0 unspecified atom stereocenters. The van der Waals surface area contributed by atoms with E-state index >= 15 is 0 Å². The molecule has 1 aromatic heterocycles. The van der Waals surface area contributed by atoms with Crippen LogP contribution in [0.1, 0.15) is 0 Å². The summed E-state index contributed by atoms with van der Waals surface area (Å²) in [5.74, 6) is 0. The molecule has 64 valence electrons. The van der Waals surface area contributed by atoms with Gasteiger partial charge in [-0.05, 0) is 15.9 Å². The Balaban J connectivity index is 3.36. The van der Waals surface area contributed by atoms with Gasteiger partial charge in [0.2, 0.25) is 0 Å². The molecule has 0 aliphatic carbocycles. The topological polar surface area (TPSA) is 82.0 Å². The van der Waals surface area contributed by atoms with E-state index in [0.717, 1.165) is 6.20 Å². The van der Waals surface area contributed by atoms with Crippen molar-refractivity contribution in [2.45, 2.75) is 0 Å². The number of aromatic nitrogens is 1. The highest BCUT2D eigenvalue weighted by molar-refractivity contribution is 9.10. The largest absolute Gasteiger partial charge is 0.392 e. The van der Waals surface area contributed by atoms with Crippen LogP contribution in [0, 0.1) is 10.1 Å². The number of hydrogen-bond donors (Lipinski definition) is 1. The van der Waals surface area contributed by atoms with E-state index < -0.39 is 4.92 Å². The number of anilines is 1. The maximum Gasteiger partial charge on any atom is 0.311 e. The lowest BCUT2D eigenvalue weighted by Crippen LogP contribution is -1.97. The van der Waals surface area contributed by atoms with Gasteiger partial charge in [0.05, 0.1) is 4.92 Å². The fourth-order valence-electron chi connectivity index (χ4n) is 0.613. The molecule has 7 heteroatoms. The molecule has 0 aliphatic heterocycles. The van der Waals surface area contributed by atoms with Gasteiger partial charge in [-0.1, -0.05) is 11.6 Å². The van der Waals surface area contributed by atoms with Crippen molar-refractivity contribution in [1.29, 1.82) is 0 Å². The van der Waals surface area contributed by atoms with Gasteiger partial charge in [-0.3, -0.25) is 10.1 Å². The lowest BCUT2D eigenvalue weighted by atomic mass is 10.4. The molecule has 1 rings (SSSR count). The van der Waals surface area contributed by atoms with Crippen LogP contribution in [0.3, 0.4) is 0 Å². The molecule has 12 heavy (non-hydrogen) atoms. The third-order valence-electron chi connectivity index (χ3n) is 1.19. The molecule has 0 amide bonds. The van der Waals surface area contributed by atoms with Crippen LogP contribution in [0.2, 0.25) is 5.02 Å². The number of hydrogen-bond acceptors (Lipinski definition) is 4. The standard InChI is InChI=1S/C5H3BrClN3O2/c6-5-3(7)4(8)2(1-9-5)10(11)12/h1H,(H2,8,9). The van der Waals surface area contributed by atoms with E-state index in [9.17, 15) is 10.1 Å². The molecule has 1 heterocycles. The molecule has 0 aliphatic rings. The Morgan fingerprint density at radius 2 is 2.33 bits per heavy atom. The fourth-order valence-corrected chi connectivity index (χ4v) is 1.07. The minimum atomic E-state index is -0.638. The second-order valence-electron chi connectivity index (χ2n) is 1.92. The number of nitro groups is 1. The zero-order chi connectivity index (χ0) is 9.30. The first kappa shape index (κ1) is 9.21. The van der Waals surface area contributed by atoms with Crippen molar-refractivity contribution in [3.8, 4) is 0 Å². The van der Waals surface area contributed by atoms with Crippen molar-refractivity contribution in [3.63, 3.8) is 0 Å². The predicted octanol–water partition coefficient (Wildman–Crippen LogP) is 1.99. The van der Waals surface area contributed by atoms with Crippen molar-refractivity contribution in [3.05, 3.63) is 25.9 Å². The van der Waals surface area contributed by atoms with Gasteiger partial charge in [0, 0.05) is 0 Å². The highest BCUT2D eigenvalue weighted by Gasteiger charge is 2.16. The Kier molecular flexibility index (Phi) is 2.49. The number of pyridine rings is 1. The molecule has 1 aromatic rings. The fraction of sp³-hybridized carbons (Fsp3) is 0. The zero-order valence-corrected chi connectivity index (χ0v) is 7.96. The summed E-state index contributed by atoms with van der Waals surface area (Å²) in [5.41, 5.74) is 4.97. The SMILES string of the molecule is Nc1c([N+](=O)[O-])cnc(Br)c1Cl. The van der Waals surface area contributed by atoms with Gasteiger partial charge in [-0.25, -0.2) is 4.98 Å². The average molecular weight is 252 g/mol. The second kappa shape index (κ2) is 3.24. The summed E-state index contributed by atoms with van der Waals surface area (Å²) in [5, 5.41) is 10.4. The quantitative estimate of drug-likeness (QED) is 0.471. The molecule has 0 saturated heterocycles. The molecular formula is C5H3BrClN3O2. The molecule has 0 radical (unpaired) electrons. The summed E-state index contributed by atoms with van der Waals surface area (Å²) in [4.78, 5) is 13.3. The molecule has 0 aromatic carbocycles. The third-order valence-corrected chi connectivity index (χ3v) is 2.40. The summed E-state index contributed by atoms with van der Waals surface area (Å²) in [6.45, 7) is 0. The van der Waals surface area contributed by atoms with Gasteiger partial charge < -0.3 is 5.73 Å². The van der Waals surface area contributed by atoms with Crippen molar-refractivity contribution in [2.24, 2.45) is 0 Å². The van der Waals surface area contributed by atoms with Crippen LogP contribution in [0.5, 0.6) is 0 Å². The minimum absolute atomic E-state index is 0.0594. The summed E-state index contributed by atoms with van der Waals surface area (Å²) < 4.78 is 0.298. The van der Waals surface area contributed by atoms with E-state index in [2.05, 4.69) is 20.9 Å². The molecule has 5 nitrogen and oxygen atoms in total. The molecule has 0 saturated carbocycles. The third kappa shape index (κ3) is 1.49. The number of halogens is 2. The monoisotopic (exact) mass is 251 g/mol. The van der Waals surface area contributed by atoms with Crippen LogP contribution in [0.25, 0.3) is 0 Å². The zero-order valence-electron chi connectivity index (χ0n) is 5.62. The normalized spacial score (nSPS) is 9.83. The molecule has 0 fully saturated rings. The van der Waals surface area contributed by atoms with E-state index in [1.165, 1.54) is 0 Å². The summed E-state index contributed by atoms with van der Waals surface area (Å²) >= 11 is 8.57. The first-order valence-corrected chi connectivity index (χ1v) is 3.95. The first-order chi connectivity index (χ1) is 5.54. The smallest absolute Gasteiger partial charge is 0.311 e. The number of rotatable bonds is 1. The average Bonchev–Trinajstić information content (AvgIpc) is 2.00. The Morgan fingerprint density at radius 3 is 2.83 bits per heavy atom. The van der Waals surface area contributed by atoms with Crippen LogP contribution in [-0.2, 0) is 0 Å². The van der Waals surface area contributed by atoms with E-state index in [1.807, 2.05) is 0 Å². The van der Waals surface area contributed by atoms with Crippen LogP contribution >= 0.6 is 27.5 Å². The van der Waals surface area contributed by atoms with Crippen molar-refractivity contribution >= 4 is 38.9 Å².